The Balaban J connectivity index is 1.44. The number of likely N-dealkylation sites (tertiary alicyclic amines) is 1. The van der Waals surface area contributed by atoms with Crippen molar-refractivity contribution in [1.29, 1.82) is 0 Å². The zero-order valence-electron chi connectivity index (χ0n) is 19.0. The fourth-order valence-electron chi connectivity index (χ4n) is 4.13. The monoisotopic (exact) mass is 522 g/mol. The van der Waals surface area contributed by atoms with Crippen molar-refractivity contribution >= 4 is 44.6 Å². The van der Waals surface area contributed by atoms with Crippen molar-refractivity contribution in [3.05, 3.63) is 83.0 Å². The molecule has 1 aromatic heterocycles. The van der Waals surface area contributed by atoms with Crippen LogP contribution < -0.4 is 10.6 Å². The lowest BCUT2D eigenvalue weighted by molar-refractivity contribution is -0.133. The van der Waals surface area contributed by atoms with Crippen LogP contribution in [0.5, 0.6) is 0 Å². The van der Waals surface area contributed by atoms with E-state index in [1.165, 1.54) is 6.08 Å². The molecule has 0 radical (unpaired) electrons. The lowest BCUT2D eigenvalue weighted by Crippen LogP contribution is -2.61. The number of carbonyl (C=O) groups excluding carboxylic acids is 3. The van der Waals surface area contributed by atoms with Crippen LogP contribution in [0.3, 0.4) is 0 Å². The summed E-state index contributed by atoms with van der Waals surface area (Å²) in [5.74, 6) is -0.307. The van der Waals surface area contributed by atoms with Gasteiger partial charge in [-0.25, -0.2) is 0 Å². The van der Waals surface area contributed by atoms with Crippen LogP contribution in [0.2, 0.25) is 0 Å². The highest BCUT2D eigenvalue weighted by Gasteiger charge is 2.30. The van der Waals surface area contributed by atoms with Gasteiger partial charge in [0.2, 0.25) is 11.8 Å². The Morgan fingerprint density at radius 1 is 1.18 bits per heavy atom. The molecule has 1 atom stereocenters. The number of benzene rings is 2. The van der Waals surface area contributed by atoms with Gasteiger partial charge in [-0.1, -0.05) is 59.8 Å². The molecule has 3 aromatic rings. The Kier molecular flexibility index (Phi) is 7.17. The molecule has 3 amide bonds. The maximum absolute atomic E-state index is 13.1. The second-order valence-corrected chi connectivity index (χ2v) is 9.48. The third-order valence-corrected chi connectivity index (χ3v) is 6.57. The predicted octanol–water partition coefficient (Wildman–Crippen LogP) is 3.45. The number of hydrogen-bond donors (Lipinski definition) is 2. The summed E-state index contributed by atoms with van der Waals surface area (Å²) in [5.41, 5.74) is 2.49. The minimum Gasteiger partial charge on any atom is -0.351 e. The molecule has 0 spiro atoms. The highest BCUT2D eigenvalue weighted by Crippen LogP contribution is 2.26. The van der Waals surface area contributed by atoms with Gasteiger partial charge in [-0.3, -0.25) is 14.4 Å². The van der Waals surface area contributed by atoms with Gasteiger partial charge in [0.05, 0.1) is 11.6 Å². The average molecular weight is 523 g/mol. The minimum absolute atomic E-state index is 0.0744. The van der Waals surface area contributed by atoms with E-state index in [1.54, 1.807) is 15.7 Å². The molecule has 1 fully saturated rings. The molecular weight excluding hydrogens is 496 g/mol. The third kappa shape index (κ3) is 5.22. The van der Waals surface area contributed by atoms with Crippen molar-refractivity contribution in [1.82, 2.24) is 20.1 Å². The molecule has 1 saturated heterocycles. The maximum Gasteiger partial charge on any atom is 0.253 e. The van der Waals surface area contributed by atoms with Crippen molar-refractivity contribution in [2.45, 2.75) is 25.4 Å². The van der Waals surface area contributed by atoms with Crippen molar-refractivity contribution in [3.8, 4) is 0 Å². The number of halogens is 1. The lowest BCUT2D eigenvalue weighted by atomic mass is 10.0. The molecule has 1 aliphatic heterocycles. The molecule has 1 aliphatic rings. The standard InChI is InChI=1S/C26H27BrN4O3/c1-3-25(33)31-13-20(14-31)29-24(32)16-30-15-22(21-11-19(27)9-10-23(21)30)26(34)28-12-17(2)18-7-5-4-6-8-18/h3-11,15,17,20H,1,12-14,16H2,2H3,(H,28,34)(H,29,32). The highest BCUT2D eigenvalue weighted by atomic mass is 79.9. The molecular formula is C26H27BrN4O3. The van der Waals surface area contributed by atoms with Gasteiger partial charge in [0.1, 0.15) is 6.54 Å². The van der Waals surface area contributed by atoms with Gasteiger partial charge in [-0.05, 0) is 35.8 Å². The number of aromatic nitrogens is 1. The predicted molar refractivity (Wildman–Crippen MR) is 136 cm³/mol. The van der Waals surface area contributed by atoms with Crippen LogP contribution in [0.15, 0.2) is 71.9 Å². The molecule has 0 saturated carbocycles. The first-order valence-electron chi connectivity index (χ1n) is 11.2. The Morgan fingerprint density at radius 3 is 2.62 bits per heavy atom. The summed E-state index contributed by atoms with van der Waals surface area (Å²) >= 11 is 3.48. The maximum atomic E-state index is 13.1. The molecule has 1 unspecified atom stereocenters. The summed E-state index contributed by atoms with van der Waals surface area (Å²) < 4.78 is 2.65. The van der Waals surface area contributed by atoms with E-state index in [4.69, 9.17) is 0 Å². The van der Waals surface area contributed by atoms with Crippen LogP contribution in [0.25, 0.3) is 10.9 Å². The molecule has 2 N–H and O–H groups in total. The number of nitrogens with one attached hydrogen (secondary N) is 2. The van der Waals surface area contributed by atoms with E-state index in [1.807, 2.05) is 48.5 Å². The van der Waals surface area contributed by atoms with E-state index in [0.717, 1.165) is 20.9 Å². The van der Waals surface area contributed by atoms with Gasteiger partial charge >= 0.3 is 0 Å². The molecule has 2 heterocycles. The van der Waals surface area contributed by atoms with Crippen LogP contribution in [0, 0.1) is 0 Å². The van der Waals surface area contributed by atoms with Crippen molar-refractivity contribution < 1.29 is 14.4 Å². The second kappa shape index (κ2) is 10.3. The van der Waals surface area contributed by atoms with Crippen LogP contribution in [-0.4, -0.2) is 52.9 Å². The first-order valence-corrected chi connectivity index (χ1v) is 12.0. The van der Waals surface area contributed by atoms with Gasteiger partial charge in [-0.2, -0.15) is 0 Å². The van der Waals surface area contributed by atoms with E-state index >= 15 is 0 Å². The largest absolute Gasteiger partial charge is 0.351 e. The van der Waals surface area contributed by atoms with Gasteiger partial charge < -0.3 is 20.1 Å². The highest BCUT2D eigenvalue weighted by molar-refractivity contribution is 9.10. The van der Waals surface area contributed by atoms with Crippen molar-refractivity contribution in [2.75, 3.05) is 19.6 Å². The summed E-state index contributed by atoms with van der Waals surface area (Å²) in [7, 11) is 0. The third-order valence-electron chi connectivity index (χ3n) is 6.07. The minimum atomic E-state index is -0.178. The summed E-state index contributed by atoms with van der Waals surface area (Å²) in [6.45, 7) is 7.09. The molecule has 0 bridgehead atoms. The van der Waals surface area contributed by atoms with Gasteiger partial charge in [0.25, 0.3) is 5.91 Å². The first kappa shape index (κ1) is 23.8. The van der Waals surface area contributed by atoms with Gasteiger partial charge in [0, 0.05) is 41.2 Å². The molecule has 7 nitrogen and oxygen atoms in total. The van der Waals surface area contributed by atoms with E-state index in [9.17, 15) is 14.4 Å². The van der Waals surface area contributed by atoms with E-state index < -0.39 is 0 Å². The number of fused-ring (bicyclic) bond motifs is 1. The number of carbonyl (C=O) groups is 3. The molecule has 176 valence electrons. The fraction of sp³-hybridized carbons (Fsp3) is 0.269. The second-order valence-electron chi connectivity index (χ2n) is 8.57. The van der Waals surface area contributed by atoms with E-state index in [0.29, 0.717) is 25.2 Å². The molecule has 2 aromatic carbocycles. The fourth-order valence-corrected chi connectivity index (χ4v) is 4.49. The zero-order chi connectivity index (χ0) is 24.2. The topological polar surface area (TPSA) is 83.4 Å². The number of amides is 3. The SMILES string of the molecule is C=CC(=O)N1CC(NC(=O)Cn2cc(C(=O)NCC(C)c3ccccc3)c3cc(Br)ccc32)C1. The average Bonchev–Trinajstić information content (AvgIpc) is 3.16. The Morgan fingerprint density at radius 2 is 1.91 bits per heavy atom. The summed E-state index contributed by atoms with van der Waals surface area (Å²) in [4.78, 5) is 38.9. The van der Waals surface area contributed by atoms with Gasteiger partial charge in [-0.15, -0.1) is 0 Å². The van der Waals surface area contributed by atoms with Crippen LogP contribution in [-0.2, 0) is 16.1 Å². The van der Waals surface area contributed by atoms with Crippen molar-refractivity contribution in [3.63, 3.8) is 0 Å². The lowest BCUT2D eigenvalue weighted by Gasteiger charge is -2.38. The van der Waals surface area contributed by atoms with Crippen LogP contribution >= 0.6 is 15.9 Å². The van der Waals surface area contributed by atoms with Crippen LogP contribution in [0.1, 0.15) is 28.8 Å². The summed E-state index contributed by atoms with van der Waals surface area (Å²) in [6.07, 6.45) is 3.00. The van der Waals surface area contributed by atoms with E-state index in [-0.39, 0.29) is 36.2 Å². The summed E-state index contributed by atoms with van der Waals surface area (Å²) in [5, 5.41) is 6.76. The smallest absolute Gasteiger partial charge is 0.253 e. The Hall–Kier alpha value is -3.39. The number of rotatable bonds is 8. The van der Waals surface area contributed by atoms with Crippen LogP contribution in [0.4, 0.5) is 0 Å². The summed E-state index contributed by atoms with van der Waals surface area (Å²) in [6, 6.07) is 15.6. The quantitative estimate of drug-likeness (QED) is 0.444. The normalized spacial score (nSPS) is 14.4. The van der Waals surface area contributed by atoms with Crippen molar-refractivity contribution in [2.24, 2.45) is 0 Å². The zero-order valence-corrected chi connectivity index (χ0v) is 20.5. The van der Waals surface area contributed by atoms with E-state index in [2.05, 4.69) is 40.1 Å². The van der Waals surface area contributed by atoms with Gasteiger partial charge in [0.15, 0.2) is 0 Å². The molecule has 4 rings (SSSR count). The molecule has 8 heteroatoms. The number of hydrogen-bond acceptors (Lipinski definition) is 3. The Bertz CT molecular complexity index is 1230. The Labute approximate surface area is 206 Å². The number of nitrogens with zero attached hydrogens (tertiary/aromatic N) is 2. The molecule has 0 aliphatic carbocycles. The first-order chi connectivity index (χ1) is 16.4. The molecule has 34 heavy (non-hydrogen) atoms.